The number of amides is 1. The number of aromatic nitrogens is 2. The largest absolute Gasteiger partial charge is 0.384 e. The predicted molar refractivity (Wildman–Crippen MR) is 90.6 cm³/mol. The molecule has 0 unspecified atom stereocenters. The normalized spacial score (nSPS) is 10.1. The Kier molecular flexibility index (Phi) is 4.15. The molecule has 0 atom stereocenters. The van der Waals surface area contributed by atoms with E-state index in [1.54, 1.807) is 36.7 Å². The van der Waals surface area contributed by atoms with Gasteiger partial charge in [0.15, 0.2) is 0 Å². The number of pyridine rings is 2. The fourth-order valence-corrected chi connectivity index (χ4v) is 2.06. The van der Waals surface area contributed by atoms with E-state index >= 15 is 0 Å². The Labute approximate surface area is 133 Å². The summed E-state index contributed by atoms with van der Waals surface area (Å²) in [5, 5.41) is 5.92. The number of hydrogen-bond donors (Lipinski definition) is 3. The molecular formula is C17H15N5O. The average molecular weight is 305 g/mol. The summed E-state index contributed by atoms with van der Waals surface area (Å²) in [5.74, 6) is -0.0603. The number of hydrogen-bond acceptors (Lipinski definition) is 5. The summed E-state index contributed by atoms with van der Waals surface area (Å²) in [6, 6.07) is 16.2. The number of benzene rings is 1. The van der Waals surface area contributed by atoms with Gasteiger partial charge in [0.25, 0.3) is 5.91 Å². The minimum atomic E-state index is -0.322. The maximum Gasteiger partial charge on any atom is 0.274 e. The molecule has 3 rings (SSSR count). The van der Waals surface area contributed by atoms with E-state index in [-0.39, 0.29) is 17.4 Å². The molecule has 0 saturated carbocycles. The molecule has 0 bridgehead atoms. The molecule has 3 aromatic rings. The standard InChI is InChI=1S/C17H15N5O/c18-16-10-14(20-13-7-4-8-19-11-13)9-15(22-16)17(23)21-12-5-2-1-3-6-12/h1-11H,(H,21,23)(H3,18,20,22). The lowest BCUT2D eigenvalue weighted by molar-refractivity contribution is 0.102. The lowest BCUT2D eigenvalue weighted by Crippen LogP contribution is -2.14. The summed E-state index contributed by atoms with van der Waals surface area (Å²) >= 11 is 0. The van der Waals surface area contributed by atoms with Gasteiger partial charge in [-0.1, -0.05) is 18.2 Å². The summed E-state index contributed by atoms with van der Waals surface area (Å²) in [5.41, 5.74) is 8.20. The van der Waals surface area contributed by atoms with Crippen LogP contribution in [0.25, 0.3) is 0 Å². The maximum absolute atomic E-state index is 12.3. The van der Waals surface area contributed by atoms with Crippen molar-refractivity contribution >= 4 is 28.8 Å². The lowest BCUT2D eigenvalue weighted by atomic mass is 10.2. The predicted octanol–water partition coefficient (Wildman–Crippen LogP) is 3.05. The number of anilines is 4. The highest BCUT2D eigenvalue weighted by atomic mass is 16.1. The van der Waals surface area contributed by atoms with Crippen LogP contribution in [0.5, 0.6) is 0 Å². The molecule has 0 radical (unpaired) electrons. The topological polar surface area (TPSA) is 92.9 Å². The van der Waals surface area contributed by atoms with Crippen LogP contribution in [0.2, 0.25) is 0 Å². The van der Waals surface area contributed by atoms with Crippen molar-refractivity contribution in [1.82, 2.24) is 9.97 Å². The summed E-state index contributed by atoms with van der Waals surface area (Å²) in [6.45, 7) is 0. The number of carbonyl (C=O) groups excluding carboxylic acids is 1. The molecule has 0 saturated heterocycles. The highest BCUT2D eigenvalue weighted by Crippen LogP contribution is 2.19. The second-order valence-corrected chi connectivity index (χ2v) is 4.85. The third kappa shape index (κ3) is 3.82. The fraction of sp³-hybridized carbons (Fsp3) is 0. The number of carbonyl (C=O) groups is 1. The molecule has 0 spiro atoms. The van der Waals surface area contributed by atoms with E-state index in [1.807, 2.05) is 30.3 Å². The van der Waals surface area contributed by atoms with Crippen molar-refractivity contribution in [3.8, 4) is 0 Å². The Morgan fingerprint density at radius 2 is 1.74 bits per heavy atom. The molecule has 2 aromatic heterocycles. The van der Waals surface area contributed by atoms with Gasteiger partial charge < -0.3 is 16.4 Å². The van der Waals surface area contributed by atoms with Crippen LogP contribution >= 0.6 is 0 Å². The number of para-hydroxylation sites is 1. The van der Waals surface area contributed by atoms with Crippen molar-refractivity contribution in [3.63, 3.8) is 0 Å². The minimum absolute atomic E-state index is 0.236. The lowest BCUT2D eigenvalue weighted by Gasteiger charge is -2.09. The zero-order valence-corrected chi connectivity index (χ0v) is 12.2. The third-order valence-corrected chi connectivity index (χ3v) is 3.06. The van der Waals surface area contributed by atoms with E-state index in [0.717, 1.165) is 5.69 Å². The Hall–Kier alpha value is -3.41. The van der Waals surface area contributed by atoms with Crippen LogP contribution in [0.15, 0.2) is 67.0 Å². The Morgan fingerprint density at radius 1 is 0.957 bits per heavy atom. The van der Waals surface area contributed by atoms with Crippen molar-refractivity contribution in [2.45, 2.75) is 0 Å². The van der Waals surface area contributed by atoms with Gasteiger partial charge in [0.1, 0.15) is 11.5 Å². The van der Waals surface area contributed by atoms with Crippen LogP contribution in [-0.4, -0.2) is 15.9 Å². The molecule has 1 aromatic carbocycles. The van der Waals surface area contributed by atoms with Crippen molar-refractivity contribution < 1.29 is 4.79 Å². The van der Waals surface area contributed by atoms with Gasteiger partial charge >= 0.3 is 0 Å². The number of nitrogens with one attached hydrogen (secondary N) is 2. The van der Waals surface area contributed by atoms with Gasteiger partial charge in [-0.3, -0.25) is 9.78 Å². The van der Waals surface area contributed by atoms with E-state index < -0.39 is 0 Å². The molecule has 114 valence electrons. The zero-order chi connectivity index (χ0) is 16.1. The van der Waals surface area contributed by atoms with Crippen LogP contribution in [0.4, 0.5) is 22.9 Å². The summed E-state index contributed by atoms with van der Waals surface area (Å²) in [7, 11) is 0. The first-order valence-corrected chi connectivity index (χ1v) is 7.02. The van der Waals surface area contributed by atoms with Crippen molar-refractivity contribution in [2.24, 2.45) is 0 Å². The quantitative estimate of drug-likeness (QED) is 0.689. The molecule has 2 heterocycles. The van der Waals surface area contributed by atoms with Crippen molar-refractivity contribution in [3.05, 3.63) is 72.7 Å². The molecule has 6 nitrogen and oxygen atoms in total. The van der Waals surface area contributed by atoms with Gasteiger partial charge in [-0.2, -0.15) is 0 Å². The first-order valence-electron chi connectivity index (χ1n) is 7.02. The van der Waals surface area contributed by atoms with Crippen LogP contribution in [0.3, 0.4) is 0 Å². The maximum atomic E-state index is 12.3. The Morgan fingerprint density at radius 3 is 2.48 bits per heavy atom. The summed E-state index contributed by atoms with van der Waals surface area (Å²) < 4.78 is 0. The number of rotatable bonds is 4. The van der Waals surface area contributed by atoms with Crippen LogP contribution in [-0.2, 0) is 0 Å². The van der Waals surface area contributed by atoms with E-state index in [4.69, 9.17) is 5.73 Å². The van der Waals surface area contributed by atoms with Crippen LogP contribution in [0.1, 0.15) is 10.5 Å². The van der Waals surface area contributed by atoms with E-state index in [2.05, 4.69) is 20.6 Å². The zero-order valence-electron chi connectivity index (χ0n) is 12.2. The van der Waals surface area contributed by atoms with Crippen LogP contribution in [0, 0.1) is 0 Å². The molecule has 4 N–H and O–H groups in total. The van der Waals surface area contributed by atoms with E-state index in [0.29, 0.717) is 11.4 Å². The van der Waals surface area contributed by atoms with Gasteiger partial charge in [0, 0.05) is 23.6 Å². The highest BCUT2D eigenvalue weighted by molar-refractivity contribution is 6.03. The van der Waals surface area contributed by atoms with Gasteiger partial charge in [0.2, 0.25) is 0 Å². The van der Waals surface area contributed by atoms with Gasteiger partial charge in [-0.25, -0.2) is 4.98 Å². The molecular weight excluding hydrogens is 290 g/mol. The van der Waals surface area contributed by atoms with Crippen molar-refractivity contribution in [1.29, 1.82) is 0 Å². The second kappa shape index (κ2) is 6.57. The minimum Gasteiger partial charge on any atom is -0.384 e. The molecule has 1 amide bonds. The van der Waals surface area contributed by atoms with Crippen molar-refractivity contribution in [2.75, 3.05) is 16.4 Å². The number of nitrogen functional groups attached to an aromatic ring is 1. The first-order chi connectivity index (χ1) is 11.2. The van der Waals surface area contributed by atoms with Crippen LogP contribution < -0.4 is 16.4 Å². The summed E-state index contributed by atoms with van der Waals surface area (Å²) in [4.78, 5) is 20.4. The SMILES string of the molecule is Nc1cc(Nc2cccnc2)cc(C(=O)Nc2ccccc2)n1. The molecule has 0 aliphatic heterocycles. The van der Waals surface area contributed by atoms with Gasteiger partial charge in [-0.15, -0.1) is 0 Å². The molecule has 0 fully saturated rings. The van der Waals surface area contributed by atoms with E-state index in [9.17, 15) is 4.79 Å². The molecule has 23 heavy (non-hydrogen) atoms. The smallest absolute Gasteiger partial charge is 0.274 e. The Balaban J connectivity index is 1.81. The fourth-order valence-electron chi connectivity index (χ4n) is 2.06. The second-order valence-electron chi connectivity index (χ2n) is 4.85. The van der Waals surface area contributed by atoms with Gasteiger partial charge in [0.05, 0.1) is 11.9 Å². The molecule has 0 aliphatic carbocycles. The highest BCUT2D eigenvalue weighted by Gasteiger charge is 2.10. The number of nitrogens with zero attached hydrogens (tertiary/aromatic N) is 2. The summed E-state index contributed by atoms with van der Waals surface area (Å²) in [6.07, 6.45) is 3.37. The third-order valence-electron chi connectivity index (χ3n) is 3.06. The Bertz CT molecular complexity index is 806. The number of nitrogens with two attached hydrogens (primary N) is 1. The van der Waals surface area contributed by atoms with Gasteiger partial charge in [-0.05, 0) is 30.3 Å². The molecule has 6 heteroatoms. The first kappa shape index (κ1) is 14.5. The van der Waals surface area contributed by atoms with E-state index in [1.165, 1.54) is 0 Å². The average Bonchev–Trinajstić information content (AvgIpc) is 2.56. The molecule has 0 aliphatic rings. The monoisotopic (exact) mass is 305 g/mol.